The summed E-state index contributed by atoms with van der Waals surface area (Å²) < 4.78 is 22.6. The third-order valence-electron chi connectivity index (χ3n) is 7.71. The molecule has 0 aliphatic heterocycles. The van der Waals surface area contributed by atoms with Gasteiger partial charge in [-0.2, -0.15) is 0 Å². The van der Waals surface area contributed by atoms with Gasteiger partial charge in [-0.3, -0.25) is 0 Å². The van der Waals surface area contributed by atoms with E-state index in [0.717, 1.165) is 24.2 Å². The first-order chi connectivity index (χ1) is 21.9. The highest BCUT2D eigenvalue weighted by atomic mass is 19.1. The average molecular weight is 613 g/mol. The molecule has 0 unspecified atom stereocenters. The van der Waals surface area contributed by atoms with Gasteiger partial charge in [0, 0.05) is 0 Å². The Kier molecular flexibility index (Phi) is 19.8. The molecule has 0 spiro atoms. The molecule has 3 heteroatoms. The molecule has 0 heterocycles. The topological polar surface area (TPSA) is 18.5 Å². The van der Waals surface area contributed by atoms with Crippen LogP contribution in [0, 0.1) is 17.7 Å². The van der Waals surface area contributed by atoms with Crippen LogP contribution in [0.15, 0.2) is 109 Å². The smallest absolute Gasteiger partial charge is 0.123 e. The van der Waals surface area contributed by atoms with Crippen molar-refractivity contribution in [2.24, 2.45) is 11.8 Å². The van der Waals surface area contributed by atoms with Gasteiger partial charge in [-0.15, -0.1) is 0 Å². The van der Waals surface area contributed by atoms with Crippen LogP contribution in [0.1, 0.15) is 89.8 Å². The predicted molar refractivity (Wildman–Crippen MR) is 191 cm³/mol. The average Bonchev–Trinajstić information content (AvgIpc) is 3.45. The molecule has 1 fully saturated rings. The Bertz CT molecular complexity index is 1170. The Morgan fingerprint density at radius 2 is 1.02 bits per heavy atom. The minimum Gasteiger partial charge on any atom is -0.494 e. The Morgan fingerprint density at radius 3 is 1.47 bits per heavy atom. The zero-order valence-electron chi connectivity index (χ0n) is 28.5. The van der Waals surface area contributed by atoms with E-state index in [-0.39, 0.29) is 5.82 Å². The van der Waals surface area contributed by atoms with E-state index in [9.17, 15) is 4.39 Å². The van der Waals surface area contributed by atoms with Crippen molar-refractivity contribution < 1.29 is 13.9 Å². The molecule has 6 rings (SSSR count). The van der Waals surface area contributed by atoms with Gasteiger partial charge in [-0.05, 0) is 98.0 Å². The molecule has 0 N–H and O–H groups in total. The largest absolute Gasteiger partial charge is 0.494 e. The molecule has 0 saturated heterocycles. The van der Waals surface area contributed by atoms with Gasteiger partial charge in [0.1, 0.15) is 17.3 Å². The zero-order valence-corrected chi connectivity index (χ0v) is 28.5. The summed E-state index contributed by atoms with van der Waals surface area (Å²) in [5.41, 5.74) is 4.57. The lowest BCUT2D eigenvalue weighted by molar-refractivity contribution is 0.339. The maximum absolute atomic E-state index is 12.3. The second-order valence-electron chi connectivity index (χ2n) is 11.9. The second-order valence-corrected chi connectivity index (χ2v) is 11.9. The summed E-state index contributed by atoms with van der Waals surface area (Å²) in [7, 11) is 0. The number of hydrogen-bond donors (Lipinski definition) is 0. The minimum absolute atomic E-state index is 0.233. The highest BCUT2D eigenvalue weighted by Gasteiger charge is 2.15. The fourth-order valence-corrected chi connectivity index (χ4v) is 5.40. The van der Waals surface area contributed by atoms with Crippen molar-refractivity contribution in [1.82, 2.24) is 0 Å². The highest BCUT2D eigenvalue weighted by Crippen LogP contribution is 2.25. The standard InChI is InChI=1S/C10H12.C9H12.C8H9FO.C8H10O.C7H14/c1-8-6-9-4-2-3-5-10(9)7-8;1-2-6-9-7-4-3-5-8-9;1-2-10-8-5-3-7(9)4-6-8;1-2-9-8-6-4-3-5-7-8;1-7-5-3-2-4-6-7/h2-5,8H,6-7H2,1H3;3-5,7-8H,2,6H2,1H3;3-6H,2H2,1H3;3-7H,2H2,1H3;7H,2-6H2,1H3. The third-order valence-corrected chi connectivity index (χ3v) is 7.71. The van der Waals surface area contributed by atoms with Crippen LogP contribution in [0.25, 0.3) is 0 Å². The summed E-state index contributed by atoms with van der Waals surface area (Å²) in [6.07, 6.45) is 12.5. The molecule has 0 radical (unpaired) electrons. The Balaban J connectivity index is 0.000000197. The number of rotatable bonds is 6. The highest BCUT2D eigenvalue weighted by molar-refractivity contribution is 5.31. The van der Waals surface area contributed by atoms with Crippen LogP contribution in [0.3, 0.4) is 0 Å². The second kappa shape index (κ2) is 23.7. The number of halogens is 1. The summed E-state index contributed by atoms with van der Waals surface area (Å²) in [4.78, 5) is 0. The van der Waals surface area contributed by atoms with Crippen molar-refractivity contribution in [3.63, 3.8) is 0 Å². The fraction of sp³-hybridized carbons (Fsp3) is 0.429. The molecule has 0 amide bonds. The van der Waals surface area contributed by atoms with Gasteiger partial charge in [-0.25, -0.2) is 4.39 Å². The van der Waals surface area contributed by atoms with Gasteiger partial charge >= 0.3 is 0 Å². The van der Waals surface area contributed by atoms with Gasteiger partial charge in [0.25, 0.3) is 0 Å². The number of aryl methyl sites for hydroxylation is 1. The molecular formula is C42H57FO2. The van der Waals surface area contributed by atoms with Gasteiger partial charge in [0.2, 0.25) is 0 Å². The molecule has 4 aromatic carbocycles. The molecule has 0 atom stereocenters. The summed E-state index contributed by atoms with van der Waals surface area (Å²) in [5, 5.41) is 0. The summed E-state index contributed by atoms with van der Waals surface area (Å²) in [6.45, 7) is 12.1. The van der Waals surface area contributed by atoms with Crippen molar-refractivity contribution in [2.45, 2.75) is 92.4 Å². The number of para-hydroxylation sites is 1. The first kappa shape index (κ1) is 37.6. The molecule has 0 bridgehead atoms. The van der Waals surface area contributed by atoms with E-state index in [4.69, 9.17) is 9.47 Å². The van der Waals surface area contributed by atoms with Crippen LogP contribution in [-0.4, -0.2) is 13.2 Å². The van der Waals surface area contributed by atoms with E-state index in [0.29, 0.717) is 12.4 Å². The van der Waals surface area contributed by atoms with Crippen LogP contribution < -0.4 is 9.47 Å². The number of fused-ring (bicyclic) bond motifs is 1. The predicted octanol–water partition coefficient (Wildman–Crippen LogP) is 12.0. The Morgan fingerprint density at radius 1 is 0.556 bits per heavy atom. The molecule has 2 aliphatic carbocycles. The maximum Gasteiger partial charge on any atom is 0.123 e. The van der Waals surface area contributed by atoms with E-state index in [1.807, 2.05) is 44.2 Å². The molecule has 0 aromatic heterocycles. The van der Waals surface area contributed by atoms with Crippen LogP contribution >= 0.6 is 0 Å². The first-order valence-electron chi connectivity index (χ1n) is 17.1. The van der Waals surface area contributed by atoms with E-state index in [1.165, 1.54) is 75.5 Å². The lowest BCUT2D eigenvalue weighted by atomic mass is 9.91. The molecule has 1 saturated carbocycles. The van der Waals surface area contributed by atoms with E-state index < -0.39 is 0 Å². The molecular weight excluding hydrogens is 555 g/mol. The van der Waals surface area contributed by atoms with E-state index in [1.54, 1.807) is 23.3 Å². The number of hydrogen-bond acceptors (Lipinski definition) is 2. The molecule has 244 valence electrons. The first-order valence-corrected chi connectivity index (χ1v) is 17.1. The van der Waals surface area contributed by atoms with Crippen molar-refractivity contribution >= 4 is 0 Å². The van der Waals surface area contributed by atoms with Gasteiger partial charge in [0.05, 0.1) is 13.2 Å². The van der Waals surface area contributed by atoms with Crippen molar-refractivity contribution in [3.8, 4) is 11.5 Å². The van der Waals surface area contributed by atoms with Gasteiger partial charge in [-0.1, -0.05) is 132 Å². The quantitative estimate of drug-likeness (QED) is 0.216. The normalized spacial score (nSPS) is 13.6. The minimum atomic E-state index is -0.233. The SMILES string of the molecule is CC1CCCCC1.CC1Cc2ccccc2C1.CCCc1ccccc1.CCOc1ccc(F)cc1.CCOc1ccccc1. The number of ether oxygens (including phenoxy) is 2. The Labute approximate surface area is 274 Å². The van der Waals surface area contributed by atoms with Crippen LogP contribution in [0.5, 0.6) is 11.5 Å². The van der Waals surface area contributed by atoms with Crippen LogP contribution in [0.2, 0.25) is 0 Å². The lowest BCUT2D eigenvalue weighted by Gasteiger charge is -2.15. The van der Waals surface area contributed by atoms with Crippen LogP contribution in [0.4, 0.5) is 4.39 Å². The molecule has 45 heavy (non-hydrogen) atoms. The summed E-state index contributed by atoms with van der Waals surface area (Å²) >= 11 is 0. The van der Waals surface area contributed by atoms with E-state index >= 15 is 0 Å². The Hall–Kier alpha value is -3.59. The monoisotopic (exact) mass is 612 g/mol. The third kappa shape index (κ3) is 17.5. The van der Waals surface area contributed by atoms with Gasteiger partial charge < -0.3 is 9.47 Å². The van der Waals surface area contributed by atoms with Crippen molar-refractivity contribution in [1.29, 1.82) is 0 Å². The molecule has 2 aliphatic rings. The molecule has 2 nitrogen and oxygen atoms in total. The summed E-state index contributed by atoms with van der Waals surface area (Å²) in [5.74, 6) is 3.33. The van der Waals surface area contributed by atoms with Gasteiger partial charge in [0.15, 0.2) is 0 Å². The van der Waals surface area contributed by atoms with Crippen molar-refractivity contribution in [3.05, 3.63) is 132 Å². The number of benzene rings is 4. The van der Waals surface area contributed by atoms with Crippen LogP contribution in [-0.2, 0) is 19.3 Å². The fourth-order valence-electron chi connectivity index (χ4n) is 5.40. The molecule has 4 aromatic rings. The summed E-state index contributed by atoms with van der Waals surface area (Å²) in [6, 6.07) is 35.1. The maximum atomic E-state index is 12.3. The van der Waals surface area contributed by atoms with Crippen molar-refractivity contribution in [2.75, 3.05) is 13.2 Å². The van der Waals surface area contributed by atoms with E-state index in [2.05, 4.69) is 75.4 Å². The zero-order chi connectivity index (χ0) is 32.5. The lowest BCUT2D eigenvalue weighted by Crippen LogP contribution is -1.99.